The van der Waals surface area contributed by atoms with Crippen molar-refractivity contribution in [3.8, 4) is 0 Å². The number of nitrogens with zero attached hydrogens (tertiary/aromatic N) is 2. The third-order valence-corrected chi connectivity index (χ3v) is 3.59. The van der Waals surface area contributed by atoms with Gasteiger partial charge in [-0.2, -0.15) is 0 Å². The lowest BCUT2D eigenvalue weighted by atomic mass is 9.97. The van der Waals surface area contributed by atoms with Crippen molar-refractivity contribution < 1.29 is 9.72 Å². The zero-order chi connectivity index (χ0) is 14.7. The van der Waals surface area contributed by atoms with Crippen molar-refractivity contribution in [2.45, 2.75) is 19.8 Å². The molecule has 0 saturated carbocycles. The van der Waals surface area contributed by atoms with Crippen molar-refractivity contribution in [3.63, 3.8) is 0 Å². The Kier molecular flexibility index (Phi) is 4.09. The molecule has 2 rings (SSSR count). The summed E-state index contributed by atoms with van der Waals surface area (Å²) in [6, 6.07) is 7.28. The molecule has 0 spiro atoms. The van der Waals surface area contributed by atoms with Gasteiger partial charge in [0.25, 0.3) is 5.91 Å². The van der Waals surface area contributed by atoms with Crippen molar-refractivity contribution in [2.75, 3.05) is 5.32 Å². The number of thiazole rings is 1. The van der Waals surface area contributed by atoms with Crippen LogP contribution >= 0.6 is 11.3 Å². The summed E-state index contributed by atoms with van der Waals surface area (Å²) in [5.41, 5.74) is 1.48. The minimum atomic E-state index is -0.532. The van der Waals surface area contributed by atoms with Gasteiger partial charge in [0.1, 0.15) is 6.20 Å². The number of aromatic nitrogens is 1. The first-order valence-corrected chi connectivity index (χ1v) is 6.81. The van der Waals surface area contributed by atoms with Crippen molar-refractivity contribution in [1.82, 2.24) is 4.98 Å². The zero-order valence-corrected chi connectivity index (χ0v) is 11.8. The average molecular weight is 291 g/mol. The molecule has 7 heteroatoms. The quantitative estimate of drug-likeness (QED) is 0.690. The number of anilines is 1. The van der Waals surface area contributed by atoms with Gasteiger partial charge in [0, 0.05) is 5.56 Å². The van der Waals surface area contributed by atoms with Gasteiger partial charge in [0.05, 0.1) is 4.92 Å². The molecule has 1 aromatic carbocycles. The van der Waals surface area contributed by atoms with E-state index in [1.54, 1.807) is 12.1 Å². The molecule has 0 unspecified atom stereocenters. The maximum Gasteiger partial charge on any atom is 0.345 e. The molecule has 1 amide bonds. The van der Waals surface area contributed by atoms with Gasteiger partial charge in [-0.3, -0.25) is 20.2 Å². The van der Waals surface area contributed by atoms with E-state index in [1.165, 1.54) is 0 Å². The molecule has 2 aromatic rings. The highest BCUT2D eigenvalue weighted by Gasteiger charge is 2.17. The van der Waals surface area contributed by atoms with E-state index in [9.17, 15) is 14.9 Å². The molecular weight excluding hydrogens is 278 g/mol. The van der Waals surface area contributed by atoms with Gasteiger partial charge in [-0.25, -0.2) is 4.98 Å². The largest absolute Gasteiger partial charge is 0.345 e. The highest BCUT2D eigenvalue weighted by molar-refractivity contribution is 7.18. The van der Waals surface area contributed by atoms with Gasteiger partial charge in [0.2, 0.25) is 0 Å². The fourth-order valence-electron chi connectivity index (χ4n) is 1.78. The van der Waals surface area contributed by atoms with Crippen LogP contribution in [0.15, 0.2) is 30.5 Å². The van der Waals surface area contributed by atoms with E-state index in [2.05, 4.69) is 10.3 Å². The Morgan fingerprint density at radius 2 is 2.10 bits per heavy atom. The van der Waals surface area contributed by atoms with E-state index in [0.29, 0.717) is 5.56 Å². The van der Waals surface area contributed by atoms with Gasteiger partial charge in [-0.1, -0.05) is 32.0 Å². The molecule has 0 saturated heterocycles. The summed E-state index contributed by atoms with van der Waals surface area (Å²) in [5.74, 6) is -0.0962. The molecule has 0 aliphatic heterocycles. The highest BCUT2D eigenvalue weighted by Crippen LogP contribution is 2.26. The molecule has 1 heterocycles. The van der Waals surface area contributed by atoms with Crippen LogP contribution in [-0.2, 0) is 0 Å². The maximum absolute atomic E-state index is 12.2. The number of hydrogen-bond acceptors (Lipinski definition) is 5. The van der Waals surface area contributed by atoms with Crippen LogP contribution in [0.3, 0.4) is 0 Å². The first kappa shape index (κ1) is 14.1. The average Bonchev–Trinajstić information content (AvgIpc) is 2.87. The third kappa shape index (κ3) is 3.00. The monoisotopic (exact) mass is 291 g/mol. The molecule has 104 valence electrons. The van der Waals surface area contributed by atoms with Gasteiger partial charge in [-0.15, -0.1) is 0 Å². The third-order valence-electron chi connectivity index (χ3n) is 2.72. The van der Waals surface area contributed by atoms with Crippen molar-refractivity contribution in [1.29, 1.82) is 0 Å². The van der Waals surface area contributed by atoms with Crippen LogP contribution in [0, 0.1) is 10.1 Å². The van der Waals surface area contributed by atoms with Crippen LogP contribution in [0.25, 0.3) is 0 Å². The molecule has 0 aliphatic rings. The molecule has 1 aromatic heterocycles. The van der Waals surface area contributed by atoms with Crippen LogP contribution in [-0.4, -0.2) is 15.8 Å². The van der Waals surface area contributed by atoms with E-state index in [1.807, 2.05) is 26.0 Å². The van der Waals surface area contributed by atoms with Crippen LogP contribution in [0.4, 0.5) is 10.1 Å². The summed E-state index contributed by atoms with van der Waals surface area (Å²) in [4.78, 5) is 26.1. The molecule has 0 aliphatic carbocycles. The number of nitrogens with one attached hydrogen (secondary N) is 1. The smallest absolute Gasteiger partial charge is 0.298 e. The zero-order valence-electron chi connectivity index (χ0n) is 11.0. The number of carbonyl (C=O) groups is 1. The number of amides is 1. The fourth-order valence-corrected chi connectivity index (χ4v) is 2.41. The molecule has 0 atom stereocenters. The number of nitro groups is 1. The maximum atomic E-state index is 12.2. The Bertz CT molecular complexity index is 652. The summed E-state index contributed by atoms with van der Waals surface area (Å²) < 4.78 is 0. The Hall–Kier alpha value is -2.28. The Morgan fingerprint density at radius 3 is 2.70 bits per heavy atom. The van der Waals surface area contributed by atoms with Crippen LogP contribution in [0.5, 0.6) is 0 Å². The van der Waals surface area contributed by atoms with Gasteiger partial charge in [-0.05, 0) is 28.9 Å². The number of benzene rings is 1. The molecule has 20 heavy (non-hydrogen) atoms. The van der Waals surface area contributed by atoms with Gasteiger partial charge in [0.15, 0.2) is 5.13 Å². The van der Waals surface area contributed by atoms with Crippen molar-refractivity contribution in [3.05, 3.63) is 51.7 Å². The molecule has 0 fully saturated rings. The number of rotatable bonds is 4. The summed E-state index contributed by atoms with van der Waals surface area (Å²) in [6.45, 7) is 4.00. The van der Waals surface area contributed by atoms with E-state index in [0.717, 1.165) is 23.1 Å². The van der Waals surface area contributed by atoms with Gasteiger partial charge >= 0.3 is 5.00 Å². The second-order valence-electron chi connectivity index (χ2n) is 4.46. The Morgan fingerprint density at radius 1 is 1.40 bits per heavy atom. The predicted molar refractivity (Wildman–Crippen MR) is 77.3 cm³/mol. The SMILES string of the molecule is CC(C)c1ccccc1C(=O)Nc1ncc([N+](=O)[O-])s1. The summed E-state index contributed by atoms with van der Waals surface area (Å²) in [6.07, 6.45) is 1.13. The van der Waals surface area contributed by atoms with Crippen molar-refractivity contribution in [2.24, 2.45) is 0 Å². The number of carbonyl (C=O) groups excluding carboxylic acids is 1. The van der Waals surface area contributed by atoms with Crippen LogP contribution < -0.4 is 5.32 Å². The van der Waals surface area contributed by atoms with Crippen molar-refractivity contribution >= 4 is 27.4 Å². The highest BCUT2D eigenvalue weighted by atomic mass is 32.1. The molecule has 0 bridgehead atoms. The topological polar surface area (TPSA) is 85.1 Å². The fraction of sp³-hybridized carbons (Fsp3) is 0.231. The standard InChI is InChI=1S/C13H13N3O3S/c1-8(2)9-5-3-4-6-10(9)12(17)15-13-14-7-11(20-13)16(18)19/h3-8H,1-2H3,(H,14,15,17). The van der Waals surface area contributed by atoms with Crippen LogP contribution in [0.2, 0.25) is 0 Å². The Labute approximate surface area is 119 Å². The molecule has 0 radical (unpaired) electrons. The van der Waals surface area contributed by atoms with E-state index in [4.69, 9.17) is 0 Å². The first-order valence-electron chi connectivity index (χ1n) is 5.99. The number of hydrogen-bond donors (Lipinski definition) is 1. The second kappa shape index (κ2) is 5.79. The molecular formula is C13H13N3O3S. The lowest BCUT2D eigenvalue weighted by Gasteiger charge is -2.11. The van der Waals surface area contributed by atoms with E-state index < -0.39 is 4.92 Å². The summed E-state index contributed by atoms with van der Waals surface area (Å²) >= 11 is 0.836. The van der Waals surface area contributed by atoms with E-state index in [-0.39, 0.29) is 22.0 Å². The Balaban J connectivity index is 2.21. The minimum absolute atomic E-state index is 0.0996. The molecule has 1 N–H and O–H groups in total. The van der Waals surface area contributed by atoms with Crippen LogP contribution in [0.1, 0.15) is 35.7 Å². The lowest BCUT2D eigenvalue weighted by Crippen LogP contribution is -2.14. The lowest BCUT2D eigenvalue weighted by molar-refractivity contribution is -0.380. The summed E-state index contributed by atoms with van der Waals surface area (Å²) in [5, 5.41) is 13.3. The normalized spacial score (nSPS) is 10.6. The predicted octanol–water partition coefficient (Wildman–Crippen LogP) is 3.43. The minimum Gasteiger partial charge on any atom is -0.298 e. The summed E-state index contributed by atoms with van der Waals surface area (Å²) in [7, 11) is 0. The van der Waals surface area contributed by atoms with E-state index >= 15 is 0 Å². The van der Waals surface area contributed by atoms with Gasteiger partial charge < -0.3 is 0 Å². The second-order valence-corrected chi connectivity index (χ2v) is 5.47. The first-order chi connectivity index (χ1) is 9.49. The molecule has 6 nitrogen and oxygen atoms in total.